The number of aryl methyl sites for hydroxylation is 1. The molecule has 0 saturated carbocycles. The minimum absolute atomic E-state index is 0.0462. The number of aromatic nitrogens is 1. The van der Waals surface area contributed by atoms with E-state index in [9.17, 15) is 4.79 Å². The Bertz CT molecular complexity index is 710. The summed E-state index contributed by atoms with van der Waals surface area (Å²) in [6, 6.07) is 13.7. The van der Waals surface area contributed by atoms with Crippen LogP contribution in [0.2, 0.25) is 0 Å². The Morgan fingerprint density at radius 2 is 2.00 bits per heavy atom. The molecule has 1 aliphatic rings. The second kappa shape index (κ2) is 7.18. The van der Waals surface area contributed by atoms with Gasteiger partial charge in [0.15, 0.2) is 0 Å². The molecule has 0 fully saturated rings. The van der Waals surface area contributed by atoms with Crippen LogP contribution in [0, 0.1) is 0 Å². The molecule has 2 aromatic rings. The predicted octanol–water partition coefficient (Wildman–Crippen LogP) is 3.67. The Labute approximate surface area is 136 Å². The number of hydrogen-bond acceptors (Lipinski definition) is 3. The molecule has 0 N–H and O–H groups in total. The summed E-state index contributed by atoms with van der Waals surface area (Å²) in [5.41, 5.74) is 3.61. The fourth-order valence-corrected chi connectivity index (χ4v) is 2.75. The molecule has 118 valence electrons. The molecule has 0 radical (unpaired) electrons. The quantitative estimate of drug-likeness (QED) is 0.846. The third-order valence-corrected chi connectivity index (χ3v) is 4.03. The van der Waals surface area contributed by atoms with Crippen molar-refractivity contribution in [2.75, 3.05) is 6.54 Å². The van der Waals surface area contributed by atoms with Crippen LogP contribution in [-0.2, 0) is 6.42 Å². The SMILES string of the molecule is CCCCc1ncccc1C(=O)N1CCC(c2ccccc2)=N1. The molecule has 3 rings (SSSR count). The van der Waals surface area contributed by atoms with E-state index in [4.69, 9.17) is 0 Å². The number of pyridine rings is 1. The van der Waals surface area contributed by atoms with Crippen LogP contribution in [0.1, 0.15) is 47.8 Å². The van der Waals surface area contributed by atoms with Crippen LogP contribution < -0.4 is 0 Å². The van der Waals surface area contributed by atoms with Gasteiger partial charge >= 0.3 is 0 Å². The molecule has 1 aromatic carbocycles. The Morgan fingerprint density at radius 1 is 1.17 bits per heavy atom. The third-order valence-electron chi connectivity index (χ3n) is 4.03. The Morgan fingerprint density at radius 3 is 2.78 bits per heavy atom. The minimum Gasteiger partial charge on any atom is -0.267 e. The first-order chi connectivity index (χ1) is 11.3. The molecular formula is C19H21N3O. The van der Waals surface area contributed by atoms with Gasteiger partial charge in [0, 0.05) is 12.6 Å². The van der Waals surface area contributed by atoms with E-state index in [0.717, 1.165) is 42.7 Å². The number of nitrogens with zero attached hydrogens (tertiary/aromatic N) is 3. The van der Waals surface area contributed by atoms with E-state index in [-0.39, 0.29) is 5.91 Å². The summed E-state index contributed by atoms with van der Waals surface area (Å²) in [6.07, 6.45) is 5.51. The Balaban J connectivity index is 1.81. The van der Waals surface area contributed by atoms with E-state index in [1.807, 2.05) is 42.5 Å². The number of rotatable bonds is 5. The van der Waals surface area contributed by atoms with E-state index in [1.165, 1.54) is 0 Å². The molecule has 4 nitrogen and oxygen atoms in total. The summed E-state index contributed by atoms with van der Waals surface area (Å²) in [5, 5.41) is 6.11. The Hall–Kier alpha value is -2.49. The fourth-order valence-electron chi connectivity index (χ4n) is 2.75. The number of carbonyl (C=O) groups excluding carboxylic acids is 1. The van der Waals surface area contributed by atoms with Crippen molar-refractivity contribution in [2.24, 2.45) is 5.10 Å². The van der Waals surface area contributed by atoms with Gasteiger partial charge in [0.2, 0.25) is 0 Å². The van der Waals surface area contributed by atoms with Crippen LogP contribution >= 0.6 is 0 Å². The zero-order valence-electron chi connectivity index (χ0n) is 13.4. The predicted molar refractivity (Wildman–Crippen MR) is 91.5 cm³/mol. The number of hydrazone groups is 1. The van der Waals surface area contributed by atoms with E-state index in [2.05, 4.69) is 17.0 Å². The lowest BCUT2D eigenvalue weighted by Crippen LogP contribution is -2.25. The Kier molecular flexibility index (Phi) is 4.81. The zero-order chi connectivity index (χ0) is 16.1. The van der Waals surface area contributed by atoms with Gasteiger partial charge in [-0.25, -0.2) is 5.01 Å². The zero-order valence-corrected chi connectivity index (χ0v) is 13.4. The van der Waals surface area contributed by atoms with Crippen molar-refractivity contribution in [3.63, 3.8) is 0 Å². The number of benzene rings is 1. The van der Waals surface area contributed by atoms with E-state index < -0.39 is 0 Å². The number of amides is 1. The van der Waals surface area contributed by atoms with Crippen LogP contribution in [0.15, 0.2) is 53.8 Å². The number of hydrogen-bond donors (Lipinski definition) is 0. The van der Waals surface area contributed by atoms with Crippen molar-refractivity contribution >= 4 is 11.6 Å². The summed E-state index contributed by atoms with van der Waals surface area (Å²) < 4.78 is 0. The highest BCUT2D eigenvalue weighted by Crippen LogP contribution is 2.18. The van der Waals surface area contributed by atoms with Crippen molar-refractivity contribution in [1.29, 1.82) is 0 Å². The van der Waals surface area contributed by atoms with Gasteiger partial charge in [-0.05, 0) is 30.5 Å². The highest BCUT2D eigenvalue weighted by Gasteiger charge is 2.24. The molecule has 23 heavy (non-hydrogen) atoms. The van der Waals surface area contributed by atoms with Crippen LogP contribution in [-0.4, -0.2) is 28.2 Å². The van der Waals surface area contributed by atoms with E-state index in [0.29, 0.717) is 12.1 Å². The van der Waals surface area contributed by atoms with E-state index in [1.54, 1.807) is 11.2 Å². The van der Waals surface area contributed by atoms with Gasteiger partial charge in [-0.3, -0.25) is 9.78 Å². The molecule has 0 saturated heterocycles. The molecule has 0 unspecified atom stereocenters. The van der Waals surface area contributed by atoms with Gasteiger partial charge in [-0.15, -0.1) is 0 Å². The number of carbonyl (C=O) groups is 1. The normalized spacial score (nSPS) is 14.0. The molecule has 2 heterocycles. The van der Waals surface area contributed by atoms with Crippen molar-refractivity contribution in [3.05, 3.63) is 65.5 Å². The maximum atomic E-state index is 12.8. The average Bonchev–Trinajstić information content (AvgIpc) is 3.10. The second-order valence-corrected chi connectivity index (χ2v) is 5.69. The topological polar surface area (TPSA) is 45.6 Å². The summed E-state index contributed by atoms with van der Waals surface area (Å²) in [5.74, 6) is -0.0462. The van der Waals surface area contributed by atoms with Crippen molar-refractivity contribution in [1.82, 2.24) is 9.99 Å². The molecule has 4 heteroatoms. The van der Waals surface area contributed by atoms with Gasteiger partial charge in [0.25, 0.3) is 5.91 Å². The van der Waals surface area contributed by atoms with Crippen molar-refractivity contribution < 1.29 is 4.79 Å². The first-order valence-corrected chi connectivity index (χ1v) is 8.18. The molecule has 1 aromatic heterocycles. The van der Waals surface area contributed by atoms with Gasteiger partial charge in [-0.2, -0.15) is 5.10 Å². The standard InChI is InChI=1S/C19H21N3O/c1-2-3-11-18-16(10-7-13-20-18)19(23)22-14-12-17(21-22)15-8-5-4-6-9-15/h4-10,13H,2-3,11-12,14H2,1H3. The molecule has 1 amide bonds. The second-order valence-electron chi connectivity index (χ2n) is 5.69. The summed E-state index contributed by atoms with van der Waals surface area (Å²) in [7, 11) is 0. The maximum Gasteiger partial charge on any atom is 0.275 e. The van der Waals surface area contributed by atoms with Gasteiger partial charge in [0.05, 0.1) is 23.5 Å². The molecule has 0 bridgehead atoms. The fraction of sp³-hybridized carbons (Fsp3) is 0.316. The van der Waals surface area contributed by atoms with Crippen LogP contribution in [0.5, 0.6) is 0 Å². The van der Waals surface area contributed by atoms with Crippen LogP contribution in [0.25, 0.3) is 0 Å². The van der Waals surface area contributed by atoms with Crippen LogP contribution in [0.3, 0.4) is 0 Å². The molecule has 1 aliphatic heterocycles. The lowest BCUT2D eigenvalue weighted by atomic mass is 10.1. The monoisotopic (exact) mass is 307 g/mol. The molecular weight excluding hydrogens is 286 g/mol. The van der Waals surface area contributed by atoms with E-state index >= 15 is 0 Å². The summed E-state index contributed by atoms with van der Waals surface area (Å²) in [6.45, 7) is 2.77. The van der Waals surface area contributed by atoms with Gasteiger partial charge < -0.3 is 0 Å². The first kappa shape index (κ1) is 15.4. The smallest absolute Gasteiger partial charge is 0.267 e. The van der Waals surface area contributed by atoms with Crippen LogP contribution in [0.4, 0.5) is 0 Å². The lowest BCUT2D eigenvalue weighted by Gasteiger charge is -2.13. The third kappa shape index (κ3) is 3.47. The summed E-state index contributed by atoms with van der Waals surface area (Å²) >= 11 is 0. The van der Waals surface area contributed by atoms with Crippen molar-refractivity contribution in [3.8, 4) is 0 Å². The highest BCUT2D eigenvalue weighted by molar-refractivity contribution is 6.04. The molecule has 0 spiro atoms. The molecule has 0 aliphatic carbocycles. The lowest BCUT2D eigenvalue weighted by molar-refractivity contribution is 0.0776. The van der Waals surface area contributed by atoms with Gasteiger partial charge in [-0.1, -0.05) is 43.7 Å². The first-order valence-electron chi connectivity index (χ1n) is 8.18. The number of unbranched alkanes of at least 4 members (excludes halogenated alkanes) is 1. The summed E-state index contributed by atoms with van der Waals surface area (Å²) in [4.78, 5) is 17.2. The largest absolute Gasteiger partial charge is 0.275 e. The average molecular weight is 307 g/mol. The maximum absolute atomic E-state index is 12.8. The van der Waals surface area contributed by atoms with Crippen molar-refractivity contribution in [2.45, 2.75) is 32.6 Å². The highest BCUT2D eigenvalue weighted by atomic mass is 16.2. The molecule has 0 atom stereocenters. The minimum atomic E-state index is -0.0462. The van der Waals surface area contributed by atoms with Gasteiger partial charge in [0.1, 0.15) is 0 Å².